The van der Waals surface area contributed by atoms with E-state index in [4.69, 9.17) is 14.6 Å². The van der Waals surface area contributed by atoms with Crippen molar-refractivity contribution < 1.29 is 24.8 Å². The SMILES string of the molecule is COC1C(O)C(CO)O[C@H](C)C1O. The van der Waals surface area contributed by atoms with Gasteiger partial charge in [0, 0.05) is 7.11 Å². The number of hydrogen-bond donors (Lipinski definition) is 3. The van der Waals surface area contributed by atoms with Crippen LogP contribution in [0.25, 0.3) is 0 Å². The van der Waals surface area contributed by atoms with Gasteiger partial charge in [-0.1, -0.05) is 0 Å². The van der Waals surface area contributed by atoms with Crippen molar-refractivity contribution in [1.82, 2.24) is 0 Å². The van der Waals surface area contributed by atoms with Crippen LogP contribution in [0, 0.1) is 0 Å². The Bertz CT molecular complexity index is 163. The van der Waals surface area contributed by atoms with E-state index < -0.39 is 30.5 Å². The molecule has 0 radical (unpaired) electrons. The zero-order chi connectivity index (χ0) is 10.0. The Morgan fingerprint density at radius 2 is 1.92 bits per heavy atom. The molecule has 13 heavy (non-hydrogen) atoms. The van der Waals surface area contributed by atoms with Gasteiger partial charge in [0.15, 0.2) is 0 Å². The van der Waals surface area contributed by atoms with Gasteiger partial charge in [-0.3, -0.25) is 0 Å². The summed E-state index contributed by atoms with van der Waals surface area (Å²) in [6.07, 6.45) is -3.65. The summed E-state index contributed by atoms with van der Waals surface area (Å²) in [5.41, 5.74) is 0. The molecule has 1 rings (SSSR count). The zero-order valence-electron chi connectivity index (χ0n) is 7.75. The average Bonchev–Trinajstić information content (AvgIpc) is 2.12. The number of ether oxygens (including phenoxy) is 2. The van der Waals surface area contributed by atoms with Gasteiger partial charge >= 0.3 is 0 Å². The van der Waals surface area contributed by atoms with E-state index in [1.54, 1.807) is 6.92 Å². The average molecular weight is 192 g/mol. The number of rotatable bonds is 2. The highest BCUT2D eigenvalue weighted by molar-refractivity contribution is 4.91. The lowest BCUT2D eigenvalue weighted by Crippen LogP contribution is -2.58. The second-order valence-corrected chi connectivity index (χ2v) is 3.24. The summed E-state index contributed by atoms with van der Waals surface area (Å²) in [6.45, 7) is 1.39. The van der Waals surface area contributed by atoms with Crippen molar-refractivity contribution in [3.8, 4) is 0 Å². The molecular formula is C8H16O5. The van der Waals surface area contributed by atoms with Gasteiger partial charge in [-0.2, -0.15) is 0 Å². The molecule has 0 aromatic heterocycles. The molecule has 78 valence electrons. The third-order valence-corrected chi connectivity index (χ3v) is 2.38. The summed E-state index contributed by atoms with van der Waals surface area (Å²) in [5.74, 6) is 0. The first-order valence-electron chi connectivity index (χ1n) is 4.27. The Kier molecular flexibility index (Phi) is 3.63. The zero-order valence-corrected chi connectivity index (χ0v) is 7.75. The second kappa shape index (κ2) is 4.34. The lowest BCUT2D eigenvalue weighted by Gasteiger charge is -2.40. The van der Waals surface area contributed by atoms with Crippen LogP contribution in [-0.2, 0) is 9.47 Å². The van der Waals surface area contributed by atoms with E-state index >= 15 is 0 Å². The Labute approximate surface area is 76.9 Å². The van der Waals surface area contributed by atoms with Crippen molar-refractivity contribution >= 4 is 0 Å². The molecule has 0 saturated carbocycles. The number of aliphatic hydroxyl groups excluding tert-OH is 3. The monoisotopic (exact) mass is 192 g/mol. The van der Waals surface area contributed by atoms with Crippen LogP contribution in [0.4, 0.5) is 0 Å². The van der Waals surface area contributed by atoms with Crippen LogP contribution in [0.2, 0.25) is 0 Å². The molecule has 0 bridgehead atoms. The molecule has 0 spiro atoms. The molecule has 4 unspecified atom stereocenters. The first-order valence-corrected chi connectivity index (χ1v) is 4.27. The van der Waals surface area contributed by atoms with Gasteiger partial charge in [-0.15, -0.1) is 0 Å². The maximum atomic E-state index is 9.55. The van der Waals surface area contributed by atoms with Gasteiger partial charge in [0.05, 0.1) is 12.7 Å². The standard InChI is InChI=1S/C8H16O5/c1-4-6(10)8(12-2)7(11)5(3-9)13-4/h4-11H,3H2,1-2H3/t4-,5?,6?,7?,8?/m1/s1. The normalized spacial score (nSPS) is 46.4. The molecule has 0 aromatic rings. The minimum absolute atomic E-state index is 0.280. The van der Waals surface area contributed by atoms with Crippen LogP contribution in [0.5, 0.6) is 0 Å². The van der Waals surface area contributed by atoms with Gasteiger partial charge in [0.25, 0.3) is 0 Å². The van der Waals surface area contributed by atoms with E-state index in [0.29, 0.717) is 0 Å². The molecule has 1 aliphatic rings. The number of hydrogen-bond acceptors (Lipinski definition) is 5. The minimum Gasteiger partial charge on any atom is -0.394 e. The molecule has 0 amide bonds. The molecule has 1 aliphatic heterocycles. The summed E-state index contributed by atoms with van der Waals surface area (Å²) < 4.78 is 10.1. The molecule has 0 aromatic carbocycles. The molecule has 5 nitrogen and oxygen atoms in total. The fourth-order valence-corrected chi connectivity index (χ4v) is 1.55. The maximum absolute atomic E-state index is 9.55. The summed E-state index contributed by atoms with van der Waals surface area (Å²) in [5, 5.41) is 27.9. The summed E-state index contributed by atoms with van der Waals surface area (Å²) in [4.78, 5) is 0. The highest BCUT2D eigenvalue weighted by Gasteiger charge is 2.42. The van der Waals surface area contributed by atoms with Crippen LogP contribution in [0.15, 0.2) is 0 Å². The van der Waals surface area contributed by atoms with E-state index in [1.807, 2.05) is 0 Å². The van der Waals surface area contributed by atoms with Gasteiger partial charge in [0.2, 0.25) is 0 Å². The van der Waals surface area contributed by atoms with Gasteiger partial charge < -0.3 is 24.8 Å². The van der Waals surface area contributed by atoms with Crippen molar-refractivity contribution in [2.45, 2.75) is 37.4 Å². The van der Waals surface area contributed by atoms with Gasteiger partial charge in [-0.05, 0) is 6.92 Å². The van der Waals surface area contributed by atoms with Crippen molar-refractivity contribution in [1.29, 1.82) is 0 Å². The van der Waals surface area contributed by atoms with Gasteiger partial charge in [-0.25, -0.2) is 0 Å². The third-order valence-electron chi connectivity index (χ3n) is 2.38. The summed E-state index contributed by atoms with van der Waals surface area (Å²) >= 11 is 0. The Hall–Kier alpha value is -0.200. The quantitative estimate of drug-likeness (QED) is 0.496. The van der Waals surface area contributed by atoms with E-state index in [2.05, 4.69) is 0 Å². The van der Waals surface area contributed by atoms with Crippen LogP contribution in [0.3, 0.4) is 0 Å². The highest BCUT2D eigenvalue weighted by atomic mass is 16.6. The van der Waals surface area contributed by atoms with Crippen LogP contribution in [-0.4, -0.2) is 59.6 Å². The maximum Gasteiger partial charge on any atom is 0.114 e. The molecule has 0 aliphatic carbocycles. The van der Waals surface area contributed by atoms with E-state index in [-0.39, 0.29) is 6.61 Å². The first-order chi connectivity index (χ1) is 6.11. The predicted octanol–water partition coefficient (Wildman–Crippen LogP) is -1.50. The lowest BCUT2D eigenvalue weighted by molar-refractivity contribution is -0.231. The number of methoxy groups -OCH3 is 1. The van der Waals surface area contributed by atoms with Crippen molar-refractivity contribution in [2.75, 3.05) is 13.7 Å². The molecule has 5 heteroatoms. The molecular weight excluding hydrogens is 176 g/mol. The number of aliphatic hydroxyl groups is 3. The fourth-order valence-electron chi connectivity index (χ4n) is 1.55. The van der Waals surface area contributed by atoms with Crippen LogP contribution in [0.1, 0.15) is 6.92 Å². The van der Waals surface area contributed by atoms with Crippen molar-refractivity contribution in [3.63, 3.8) is 0 Å². The van der Waals surface area contributed by atoms with Crippen molar-refractivity contribution in [2.24, 2.45) is 0 Å². The summed E-state index contributed by atoms with van der Waals surface area (Å²) in [7, 11) is 1.41. The smallest absolute Gasteiger partial charge is 0.114 e. The van der Waals surface area contributed by atoms with E-state index in [1.165, 1.54) is 7.11 Å². The largest absolute Gasteiger partial charge is 0.394 e. The summed E-state index contributed by atoms with van der Waals surface area (Å²) in [6, 6.07) is 0. The first kappa shape index (κ1) is 10.9. The second-order valence-electron chi connectivity index (χ2n) is 3.24. The van der Waals surface area contributed by atoms with E-state index in [9.17, 15) is 10.2 Å². The van der Waals surface area contributed by atoms with Crippen molar-refractivity contribution in [3.05, 3.63) is 0 Å². The third kappa shape index (κ3) is 2.00. The minimum atomic E-state index is -0.985. The molecule has 1 saturated heterocycles. The van der Waals surface area contributed by atoms with Crippen LogP contribution >= 0.6 is 0 Å². The van der Waals surface area contributed by atoms with E-state index in [0.717, 1.165) is 0 Å². The highest BCUT2D eigenvalue weighted by Crippen LogP contribution is 2.22. The Morgan fingerprint density at radius 3 is 2.38 bits per heavy atom. The topological polar surface area (TPSA) is 79.2 Å². The Balaban J connectivity index is 2.69. The molecule has 3 N–H and O–H groups in total. The predicted molar refractivity (Wildman–Crippen MR) is 44.2 cm³/mol. The molecule has 1 fully saturated rings. The van der Waals surface area contributed by atoms with Gasteiger partial charge in [0.1, 0.15) is 24.4 Å². The lowest BCUT2D eigenvalue weighted by atomic mass is 9.96. The Morgan fingerprint density at radius 1 is 1.31 bits per heavy atom. The fraction of sp³-hybridized carbons (Fsp3) is 1.00. The molecule has 1 heterocycles. The molecule has 5 atom stereocenters. The van der Waals surface area contributed by atoms with Crippen LogP contribution < -0.4 is 0 Å².